The van der Waals surface area contributed by atoms with Gasteiger partial charge in [0, 0.05) is 12.8 Å². The minimum atomic E-state index is -1.50. The van der Waals surface area contributed by atoms with Gasteiger partial charge < -0.3 is 49.6 Å². The Balaban J connectivity index is 1.31. The van der Waals surface area contributed by atoms with E-state index in [1.54, 1.807) is 13.8 Å². The van der Waals surface area contributed by atoms with Crippen LogP contribution in [0.15, 0.2) is 0 Å². The summed E-state index contributed by atoms with van der Waals surface area (Å²) in [6.45, 7) is 17.9. The zero-order valence-electron chi connectivity index (χ0n) is 31.1. The van der Waals surface area contributed by atoms with Gasteiger partial charge in [0.15, 0.2) is 6.29 Å². The Hall–Kier alpha value is -0.890. The van der Waals surface area contributed by atoms with Crippen molar-refractivity contribution in [1.82, 2.24) is 0 Å². The topological polar surface area (TPSA) is 175 Å². The van der Waals surface area contributed by atoms with E-state index < -0.39 is 66.3 Å². The summed E-state index contributed by atoms with van der Waals surface area (Å²) in [6.07, 6.45) is -1.29. The van der Waals surface area contributed by atoms with Gasteiger partial charge in [0.05, 0.1) is 30.0 Å². The van der Waals surface area contributed by atoms with E-state index in [9.17, 15) is 35.4 Å². The van der Waals surface area contributed by atoms with Crippen molar-refractivity contribution in [3.63, 3.8) is 0 Å². The van der Waals surface area contributed by atoms with Crippen molar-refractivity contribution >= 4 is 5.97 Å². The lowest BCUT2D eigenvalue weighted by Gasteiger charge is -2.71. The van der Waals surface area contributed by atoms with E-state index in [1.807, 2.05) is 6.92 Å². The average molecular weight is 697 g/mol. The summed E-state index contributed by atoms with van der Waals surface area (Å²) >= 11 is 0. The summed E-state index contributed by atoms with van der Waals surface area (Å²) in [7, 11) is 0. The first-order valence-corrected chi connectivity index (χ1v) is 18.8. The molecule has 4 saturated carbocycles. The normalized spacial score (nSPS) is 54.1. The molecule has 4 aliphatic carbocycles. The van der Waals surface area contributed by atoms with Gasteiger partial charge in [-0.1, -0.05) is 34.6 Å². The third-order valence-corrected chi connectivity index (χ3v) is 15.8. The Labute approximate surface area is 292 Å². The molecule has 0 aromatic heterocycles. The summed E-state index contributed by atoms with van der Waals surface area (Å²) in [5.74, 6) is -0.301. The molecule has 2 saturated heterocycles. The summed E-state index contributed by atoms with van der Waals surface area (Å²) in [5, 5.41) is 65.0. The van der Waals surface area contributed by atoms with Crippen LogP contribution in [0.4, 0.5) is 0 Å². The molecule has 0 bridgehead atoms. The first kappa shape index (κ1) is 37.9. The molecule has 0 aromatic carbocycles. The maximum atomic E-state index is 12.9. The highest BCUT2D eigenvalue weighted by Crippen LogP contribution is 2.77. The SMILES string of the molecule is CC(=O)O[C@@H]1C[C@@H]2[C@@]3(C)CC[C@@H](O[C@@H]4O[C@H](CO)[C@@H](O)[C@H](O)[C@H]4O)C(C)(C)[C@@H]3CC[C@@]2(C)[C@]2(C)CC[C@](O)([C@]3(C)CC[C@H](C(C)(C)O)O3)[C@@H]12. The van der Waals surface area contributed by atoms with E-state index in [2.05, 4.69) is 34.6 Å². The second-order valence-corrected chi connectivity index (χ2v) is 19.0. The number of aliphatic hydroxyl groups excluding tert-OH is 4. The number of carbonyl (C=O) groups excluding carboxylic acids is 1. The number of esters is 1. The monoisotopic (exact) mass is 696 g/mol. The van der Waals surface area contributed by atoms with E-state index in [0.29, 0.717) is 32.1 Å². The second kappa shape index (κ2) is 12.1. The van der Waals surface area contributed by atoms with Crippen molar-refractivity contribution in [2.45, 2.75) is 186 Å². The van der Waals surface area contributed by atoms with Gasteiger partial charge in [-0.05, 0) is 112 Å². The third-order valence-electron chi connectivity index (χ3n) is 15.8. The molecular weight excluding hydrogens is 632 g/mol. The molecule has 0 spiro atoms. The lowest BCUT2D eigenvalue weighted by molar-refractivity contribution is -0.333. The number of ether oxygens (including phenoxy) is 4. The van der Waals surface area contributed by atoms with Gasteiger partial charge in [-0.3, -0.25) is 4.79 Å². The molecule has 11 nitrogen and oxygen atoms in total. The maximum Gasteiger partial charge on any atom is 0.302 e. The van der Waals surface area contributed by atoms with Gasteiger partial charge in [-0.15, -0.1) is 0 Å². The highest BCUT2D eigenvalue weighted by molar-refractivity contribution is 5.66. The Bertz CT molecular complexity index is 1270. The zero-order valence-corrected chi connectivity index (χ0v) is 31.1. The first-order chi connectivity index (χ1) is 22.5. The van der Waals surface area contributed by atoms with Crippen molar-refractivity contribution in [2.75, 3.05) is 6.61 Å². The number of hydrogen-bond donors (Lipinski definition) is 6. The quantitative estimate of drug-likeness (QED) is 0.178. The Morgan fingerprint density at radius 2 is 1.53 bits per heavy atom. The van der Waals surface area contributed by atoms with Gasteiger partial charge >= 0.3 is 5.97 Å². The fourth-order valence-electron chi connectivity index (χ4n) is 12.9. The highest BCUT2D eigenvalue weighted by Gasteiger charge is 2.76. The number of fused-ring (bicyclic) bond motifs is 5. The van der Waals surface area contributed by atoms with Crippen molar-refractivity contribution in [1.29, 1.82) is 0 Å². The summed E-state index contributed by atoms with van der Waals surface area (Å²) in [4.78, 5) is 12.8. The van der Waals surface area contributed by atoms with Crippen LogP contribution >= 0.6 is 0 Å². The molecule has 16 atom stereocenters. The molecule has 6 aliphatic rings. The van der Waals surface area contributed by atoms with Crippen molar-refractivity contribution < 1.29 is 54.4 Å². The predicted molar refractivity (Wildman–Crippen MR) is 179 cm³/mol. The van der Waals surface area contributed by atoms with E-state index >= 15 is 0 Å². The molecule has 11 heteroatoms. The third kappa shape index (κ3) is 5.41. The molecule has 49 heavy (non-hydrogen) atoms. The molecule has 0 aromatic rings. The van der Waals surface area contributed by atoms with Crippen LogP contribution in [0.1, 0.15) is 120 Å². The molecule has 6 fully saturated rings. The molecule has 0 unspecified atom stereocenters. The Morgan fingerprint density at radius 3 is 2.12 bits per heavy atom. The van der Waals surface area contributed by atoms with Gasteiger partial charge in [0.2, 0.25) is 0 Å². The molecule has 2 heterocycles. The van der Waals surface area contributed by atoms with E-state index in [4.69, 9.17) is 18.9 Å². The van der Waals surface area contributed by atoms with Gasteiger partial charge in [-0.2, -0.15) is 0 Å². The molecule has 282 valence electrons. The van der Waals surface area contributed by atoms with Crippen LogP contribution in [0.25, 0.3) is 0 Å². The smallest absolute Gasteiger partial charge is 0.302 e. The summed E-state index contributed by atoms with van der Waals surface area (Å²) in [5.41, 5.74) is -4.23. The molecule has 0 radical (unpaired) electrons. The van der Waals surface area contributed by atoms with Crippen molar-refractivity contribution in [2.24, 2.45) is 39.4 Å². The van der Waals surface area contributed by atoms with Crippen LogP contribution < -0.4 is 0 Å². The molecule has 0 amide bonds. The van der Waals surface area contributed by atoms with Crippen LogP contribution in [0.2, 0.25) is 0 Å². The number of carbonyl (C=O) groups is 1. The lowest BCUT2D eigenvalue weighted by atomic mass is 9.35. The second-order valence-electron chi connectivity index (χ2n) is 19.0. The largest absolute Gasteiger partial charge is 0.462 e. The fourth-order valence-corrected chi connectivity index (χ4v) is 12.9. The number of aliphatic hydroxyl groups is 6. The minimum Gasteiger partial charge on any atom is -0.462 e. The standard InChI is InChI=1S/C38H64O11/c1-20(40)46-21-18-24-34(6)13-11-25(48-31-29(43)28(42)27(41)22(19-39)47-31)32(2,3)23(34)10-14-35(24,7)36(8)16-17-38(45,30(21)36)37(9)15-12-26(49-37)33(4,5)44/h21-31,39,41-45H,10-19H2,1-9H3/t21-,22-,23+,24-,25-,26-,27-,28+,29-,30+,31+,34+,35-,36-,37+,38-/m1/s1. The lowest BCUT2D eigenvalue weighted by Crippen LogP contribution is -2.70. The van der Waals surface area contributed by atoms with E-state index in [-0.39, 0.29) is 51.5 Å². The van der Waals surface area contributed by atoms with Crippen molar-refractivity contribution in [3.05, 3.63) is 0 Å². The Kier molecular flexibility index (Phi) is 9.32. The average Bonchev–Trinajstić information content (AvgIpc) is 3.56. The summed E-state index contributed by atoms with van der Waals surface area (Å²) in [6, 6.07) is 0. The maximum absolute atomic E-state index is 12.9. The molecule has 6 N–H and O–H groups in total. The van der Waals surface area contributed by atoms with E-state index in [1.165, 1.54) is 6.92 Å². The van der Waals surface area contributed by atoms with Gasteiger partial charge in [0.25, 0.3) is 0 Å². The zero-order chi connectivity index (χ0) is 36.3. The van der Waals surface area contributed by atoms with Gasteiger partial charge in [-0.25, -0.2) is 0 Å². The van der Waals surface area contributed by atoms with Gasteiger partial charge in [0.1, 0.15) is 36.1 Å². The fraction of sp³-hybridized carbons (Fsp3) is 0.974. The van der Waals surface area contributed by atoms with Crippen LogP contribution in [0, 0.1) is 39.4 Å². The van der Waals surface area contributed by atoms with Crippen LogP contribution in [0.3, 0.4) is 0 Å². The Morgan fingerprint density at radius 1 is 0.857 bits per heavy atom. The van der Waals surface area contributed by atoms with E-state index in [0.717, 1.165) is 25.7 Å². The van der Waals surface area contributed by atoms with Crippen molar-refractivity contribution in [3.8, 4) is 0 Å². The molecule has 2 aliphatic heterocycles. The number of rotatable bonds is 6. The number of hydrogen-bond acceptors (Lipinski definition) is 11. The van der Waals surface area contributed by atoms with Crippen LogP contribution in [-0.4, -0.2) is 109 Å². The van der Waals surface area contributed by atoms with Crippen LogP contribution in [-0.2, 0) is 23.7 Å². The first-order valence-electron chi connectivity index (χ1n) is 18.8. The predicted octanol–water partition coefficient (Wildman–Crippen LogP) is 3.22. The molecule has 6 rings (SSSR count). The molecular formula is C38H64O11. The summed E-state index contributed by atoms with van der Waals surface area (Å²) < 4.78 is 25.1. The highest BCUT2D eigenvalue weighted by atomic mass is 16.7. The minimum absolute atomic E-state index is 0.154. The van der Waals surface area contributed by atoms with Crippen LogP contribution in [0.5, 0.6) is 0 Å².